The van der Waals surface area contributed by atoms with Crippen LogP contribution in [0.15, 0.2) is 113 Å². The third-order valence-electron chi connectivity index (χ3n) is 4.80. The minimum absolute atomic E-state index is 0.0789. The van der Waals surface area contributed by atoms with Gasteiger partial charge < -0.3 is 0 Å². The molecule has 0 spiro atoms. The Labute approximate surface area is 176 Å². The fourth-order valence-electron chi connectivity index (χ4n) is 3.29. The number of hydrogen-bond donors (Lipinski definition) is 0. The smallest absolute Gasteiger partial charge is 0.206 e. The molecule has 7 heteroatoms. The van der Waals surface area contributed by atoms with Crippen LogP contribution in [0.4, 0.5) is 0 Å². The molecule has 0 saturated heterocycles. The van der Waals surface area contributed by atoms with Crippen LogP contribution >= 0.6 is 0 Å². The van der Waals surface area contributed by atoms with E-state index in [0.29, 0.717) is 9.27 Å². The molecule has 0 aromatic heterocycles. The summed E-state index contributed by atoms with van der Waals surface area (Å²) in [4.78, 5) is -0.158. The molecule has 0 N–H and O–H groups in total. The Hall–Kier alpha value is -3.00. The third-order valence-corrected chi connectivity index (χ3v) is 9.04. The summed E-state index contributed by atoms with van der Waals surface area (Å²) >= 11 is 0. The van der Waals surface area contributed by atoms with E-state index in [4.69, 9.17) is 0 Å². The van der Waals surface area contributed by atoms with Crippen molar-refractivity contribution >= 4 is 30.8 Å². The van der Waals surface area contributed by atoms with Crippen LogP contribution in [-0.2, 0) is 26.6 Å². The van der Waals surface area contributed by atoms with Gasteiger partial charge >= 0.3 is 0 Å². The molecule has 0 aliphatic carbocycles. The molecule has 4 aromatic rings. The molecule has 30 heavy (non-hydrogen) atoms. The van der Waals surface area contributed by atoms with Gasteiger partial charge in [0.1, 0.15) is 0 Å². The van der Waals surface area contributed by atoms with Crippen molar-refractivity contribution in [3.63, 3.8) is 0 Å². The van der Waals surface area contributed by atoms with Crippen LogP contribution in [-0.4, -0.2) is 20.5 Å². The van der Waals surface area contributed by atoms with Crippen molar-refractivity contribution in [3.8, 4) is 0 Å². The monoisotopic (exact) mass is 437 g/mol. The van der Waals surface area contributed by atoms with E-state index in [1.807, 2.05) is 30.3 Å². The summed E-state index contributed by atoms with van der Waals surface area (Å²) in [5.41, 5.74) is 0.604. The Balaban J connectivity index is 1.90. The molecule has 5 nitrogen and oxygen atoms in total. The highest BCUT2D eigenvalue weighted by Gasteiger charge is 2.36. The Morgan fingerprint density at radius 2 is 1.00 bits per heavy atom. The molecule has 0 fully saturated rings. The van der Waals surface area contributed by atoms with Gasteiger partial charge in [0.2, 0.25) is 0 Å². The average Bonchev–Trinajstić information content (AvgIpc) is 2.78. The predicted octanol–water partition coefficient (Wildman–Crippen LogP) is 4.42. The molecule has 0 radical (unpaired) electrons. The largest absolute Gasteiger partial charge is 0.256 e. The summed E-state index contributed by atoms with van der Waals surface area (Å²) in [7, 11) is -8.66. The normalized spacial score (nSPS) is 12.3. The first-order chi connectivity index (χ1) is 14.4. The van der Waals surface area contributed by atoms with Gasteiger partial charge in [-0.3, -0.25) is 0 Å². The molecule has 152 valence electrons. The van der Waals surface area contributed by atoms with Gasteiger partial charge in [-0.15, -0.1) is 0 Å². The summed E-state index contributed by atoms with van der Waals surface area (Å²) in [6.07, 6.45) is 0. The second-order valence-corrected chi connectivity index (χ2v) is 10.7. The van der Waals surface area contributed by atoms with Crippen molar-refractivity contribution in [1.82, 2.24) is 3.71 Å². The highest BCUT2D eigenvalue weighted by Crippen LogP contribution is 2.29. The SMILES string of the molecule is O=S(=O)(c1ccccc1)N(Cc1cccc2ccccc12)S(=O)(=O)c1ccccc1. The van der Waals surface area contributed by atoms with Crippen LogP contribution in [0.3, 0.4) is 0 Å². The fraction of sp³-hybridized carbons (Fsp3) is 0.0435. The van der Waals surface area contributed by atoms with Crippen molar-refractivity contribution < 1.29 is 16.8 Å². The molecule has 0 saturated carbocycles. The first kappa shape index (κ1) is 20.3. The zero-order valence-corrected chi connectivity index (χ0v) is 17.6. The van der Waals surface area contributed by atoms with Crippen LogP contribution < -0.4 is 0 Å². The second-order valence-electron chi connectivity index (χ2n) is 6.71. The van der Waals surface area contributed by atoms with Crippen LogP contribution in [0, 0.1) is 0 Å². The summed E-state index contributed by atoms with van der Waals surface area (Å²) in [5.74, 6) is 0. The lowest BCUT2D eigenvalue weighted by Gasteiger charge is -2.23. The molecule has 0 bridgehead atoms. The van der Waals surface area contributed by atoms with E-state index in [0.717, 1.165) is 10.8 Å². The van der Waals surface area contributed by atoms with Crippen LogP contribution in [0.25, 0.3) is 10.8 Å². The Morgan fingerprint density at radius 3 is 1.57 bits per heavy atom. The predicted molar refractivity (Wildman–Crippen MR) is 117 cm³/mol. The Kier molecular flexibility index (Phi) is 5.42. The quantitative estimate of drug-likeness (QED) is 0.448. The number of nitrogens with zero attached hydrogens (tertiary/aromatic N) is 1. The van der Waals surface area contributed by atoms with Gasteiger partial charge in [0.05, 0.1) is 16.3 Å². The van der Waals surface area contributed by atoms with Gasteiger partial charge in [-0.1, -0.05) is 82.6 Å². The number of benzene rings is 4. The van der Waals surface area contributed by atoms with Gasteiger partial charge in [-0.25, -0.2) is 16.8 Å². The number of fused-ring (bicyclic) bond motifs is 1. The number of hydrogen-bond acceptors (Lipinski definition) is 4. The molecule has 0 atom stereocenters. The topological polar surface area (TPSA) is 71.5 Å². The van der Waals surface area contributed by atoms with Crippen molar-refractivity contribution in [1.29, 1.82) is 0 Å². The highest BCUT2D eigenvalue weighted by atomic mass is 32.3. The zero-order valence-electron chi connectivity index (χ0n) is 15.9. The fourth-order valence-corrected chi connectivity index (χ4v) is 6.93. The van der Waals surface area contributed by atoms with Gasteiger partial charge in [0, 0.05) is 0 Å². The van der Waals surface area contributed by atoms with E-state index >= 15 is 0 Å². The van der Waals surface area contributed by atoms with Crippen molar-refractivity contribution in [2.45, 2.75) is 16.3 Å². The van der Waals surface area contributed by atoms with Crippen molar-refractivity contribution in [2.24, 2.45) is 0 Å². The van der Waals surface area contributed by atoms with E-state index < -0.39 is 20.0 Å². The Bertz CT molecular complexity index is 1310. The lowest BCUT2D eigenvalue weighted by Crippen LogP contribution is -2.36. The summed E-state index contributed by atoms with van der Waals surface area (Å²) in [5, 5.41) is 1.71. The first-order valence-corrected chi connectivity index (χ1v) is 12.1. The van der Waals surface area contributed by atoms with Gasteiger partial charge in [0.15, 0.2) is 0 Å². The summed E-state index contributed by atoms with van der Waals surface area (Å²) < 4.78 is 54.3. The zero-order chi connectivity index (χ0) is 21.2. The van der Waals surface area contributed by atoms with Crippen LogP contribution in [0.1, 0.15) is 5.56 Å². The molecule has 4 rings (SSSR count). The first-order valence-electron chi connectivity index (χ1n) is 9.25. The molecule has 0 unspecified atom stereocenters. The van der Waals surface area contributed by atoms with Crippen LogP contribution in [0.2, 0.25) is 0 Å². The molecular formula is C23H19NO4S2. The standard InChI is InChI=1S/C23H19NO4S2/c25-29(26,21-13-3-1-4-14-21)24(30(27,28)22-15-5-2-6-16-22)18-20-12-9-11-19-10-7-8-17-23(19)20/h1-17H,18H2. The van der Waals surface area contributed by atoms with Gasteiger partial charge in [-0.05, 0) is 40.6 Å². The molecule has 4 aromatic carbocycles. The molecule has 0 amide bonds. The van der Waals surface area contributed by atoms with E-state index in [9.17, 15) is 16.8 Å². The maximum atomic E-state index is 13.4. The van der Waals surface area contributed by atoms with Gasteiger partial charge in [-0.2, -0.15) is 0 Å². The lowest BCUT2D eigenvalue weighted by atomic mass is 10.1. The molecule has 0 heterocycles. The maximum Gasteiger partial charge on any atom is 0.256 e. The summed E-state index contributed by atoms with van der Waals surface area (Å²) in [6, 6.07) is 28.1. The van der Waals surface area contributed by atoms with E-state index in [2.05, 4.69) is 0 Å². The highest BCUT2D eigenvalue weighted by molar-refractivity contribution is 8.04. The lowest BCUT2D eigenvalue weighted by molar-refractivity contribution is 0.495. The maximum absolute atomic E-state index is 13.4. The van der Waals surface area contributed by atoms with Crippen molar-refractivity contribution in [3.05, 3.63) is 109 Å². The minimum atomic E-state index is -4.33. The molecule has 0 aliphatic heterocycles. The number of rotatable bonds is 6. The molecular weight excluding hydrogens is 418 g/mol. The average molecular weight is 438 g/mol. The summed E-state index contributed by atoms with van der Waals surface area (Å²) in [6.45, 7) is -0.310. The second kappa shape index (κ2) is 8.02. The number of sulfonamides is 2. The van der Waals surface area contributed by atoms with Gasteiger partial charge in [0.25, 0.3) is 20.0 Å². The van der Waals surface area contributed by atoms with Crippen LogP contribution in [0.5, 0.6) is 0 Å². The van der Waals surface area contributed by atoms with E-state index in [-0.39, 0.29) is 16.3 Å². The minimum Gasteiger partial charge on any atom is -0.206 e. The van der Waals surface area contributed by atoms with E-state index in [1.54, 1.807) is 48.5 Å². The van der Waals surface area contributed by atoms with E-state index in [1.165, 1.54) is 24.3 Å². The van der Waals surface area contributed by atoms with Crippen molar-refractivity contribution in [2.75, 3.05) is 0 Å². The Morgan fingerprint density at radius 1 is 0.533 bits per heavy atom. The third kappa shape index (κ3) is 3.75. The molecule has 0 aliphatic rings.